The minimum Gasteiger partial charge on any atom is -0.387 e. The second kappa shape index (κ2) is 6.62. The zero-order valence-electron chi connectivity index (χ0n) is 13.0. The van der Waals surface area contributed by atoms with E-state index in [2.05, 4.69) is 4.90 Å². The molecule has 3 rings (SSSR count). The number of aliphatic hydroxyl groups excluding tert-OH is 1. The van der Waals surface area contributed by atoms with Gasteiger partial charge < -0.3 is 14.6 Å². The van der Waals surface area contributed by atoms with E-state index in [9.17, 15) is 9.50 Å². The third-order valence-electron chi connectivity index (χ3n) is 4.79. The van der Waals surface area contributed by atoms with Gasteiger partial charge in [0.25, 0.3) is 0 Å². The van der Waals surface area contributed by atoms with Crippen molar-refractivity contribution < 1.29 is 19.0 Å². The predicted octanol–water partition coefficient (Wildman–Crippen LogP) is 2.33. The monoisotopic (exact) mass is 309 g/mol. The SMILES string of the molecule is CC1([C@@H]2CCCN(C[C@H](O)c3ccc(F)cc3)C2)OCCO1. The first-order valence-electron chi connectivity index (χ1n) is 8.00. The quantitative estimate of drug-likeness (QED) is 0.927. The van der Waals surface area contributed by atoms with Gasteiger partial charge in [0.05, 0.1) is 19.3 Å². The largest absolute Gasteiger partial charge is 0.387 e. The average Bonchev–Trinajstić information content (AvgIpc) is 2.96. The fourth-order valence-corrected chi connectivity index (χ4v) is 3.45. The van der Waals surface area contributed by atoms with E-state index in [4.69, 9.17) is 9.47 Å². The van der Waals surface area contributed by atoms with E-state index in [0.29, 0.717) is 25.7 Å². The minimum absolute atomic E-state index is 0.280. The molecule has 0 spiro atoms. The van der Waals surface area contributed by atoms with Crippen molar-refractivity contribution in [1.82, 2.24) is 4.90 Å². The molecule has 1 N–H and O–H groups in total. The molecule has 5 heteroatoms. The van der Waals surface area contributed by atoms with Crippen molar-refractivity contribution in [3.63, 3.8) is 0 Å². The molecule has 2 aliphatic rings. The summed E-state index contributed by atoms with van der Waals surface area (Å²) in [4.78, 5) is 2.25. The van der Waals surface area contributed by atoms with Crippen molar-refractivity contribution in [2.24, 2.45) is 5.92 Å². The second-order valence-corrected chi connectivity index (χ2v) is 6.38. The molecule has 0 radical (unpaired) electrons. The molecule has 1 aromatic rings. The maximum atomic E-state index is 13.0. The molecule has 2 aliphatic heterocycles. The number of rotatable bonds is 4. The number of β-amino-alcohol motifs (C(OH)–C–C–N with tert-alkyl or cyclic N) is 1. The molecular weight excluding hydrogens is 285 g/mol. The Balaban J connectivity index is 1.59. The fourth-order valence-electron chi connectivity index (χ4n) is 3.45. The Morgan fingerprint density at radius 3 is 2.68 bits per heavy atom. The van der Waals surface area contributed by atoms with E-state index in [1.165, 1.54) is 12.1 Å². The van der Waals surface area contributed by atoms with E-state index in [-0.39, 0.29) is 5.82 Å². The molecule has 4 nitrogen and oxygen atoms in total. The second-order valence-electron chi connectivity index (χ2n) is 6.38. The van der Waals surface area contributed by atoms with Crippen LogP contribution in [0.15, 0.2) is 24.3 Å². The Morgan fingerprint density at radius 1 is 1.32 bits per heavy atom. The normalized spacial score (nSPS) is 27.0. The molecule has 2 heterocycles. The van der Waals surface area contributed by atoms with Gasteiger partial charge in [-0.05, 0) is 44.0 Å². The van der Waals surface area contributed by atoms with Gasteiger partial charge in [-0.15, -0.1) is 0 Å². The zero-order chi connectivity index (χ0) is 15.6. The molecule has 0 amide bonds. The highest BCUT2D eigenvalue weighted by Gasteiger charge is 2.41. The molecule has 1 aromatic carbocycles. The van der Waals surface area contributed by atoms with E-state index in [0.717, 1.165) is 31.5 Å². The molecular formula is C17H24FNO3. The Kier molecular flexibility index (Phi) is 4.78. The molecule has 0 unspecified atom stereocenters. The maximum Gasteiger partial charge on any atom is 0.169 e. The van der Waals surface area contributed by atoms with Crippen LogP contribution in [0.4, 0.5) is 4.39 Å². The van der Waals surface area contributed by atoms with Crippen LogP contribution in [0.25, 0.3) is 0 Å². The van der Waals surface area contributed by atoms with Gasteiger partial charge in [-0.2, -0.15) is 0 Å². The summed E-state index contributed by atoms with van der Waals surface area (Å²) < 4.78 is 24.5. The van der Waals surface area contributed by atoms with Gasteiger partial charge in [0, 0.05) is 19.0 Å². The third-order valence-corrected chi connectivity index (χ3v) is 4.79. The highest BCUT2D eigenvalue weighted by Crippen LogP contribution is 2.34. The van der Waals surface area contributed by atoms with E-state index >= 15 is 0 Å². The first-order valence-corrected chi connectivity index (χ1v) is 8.00. The fraction of sp³-hybridized carbons (Fsp3) is 0.647. The summed E-state index contributed by atoms with van der Waals surface area (Å²) in [6, 6.07) is 6.06. The Labute approximate surface area is 130 Å². The van der Waals surface area contributed by atoms with Gasteiger partial charge in [-0.3, -0.25) is 4.90 Å². The number of hydrogen-bond donors (Lipinski definition) is 1. The van der Waals surface area contributed by atoms with Crippen LogP contribution in [0.1, 0.15) is 31.4 Å². The standard InChI is InChI=1S/C17H24FNO3/c1-17(21-9-10-22-17)14-3-2-8-19(11-14)12-16(20)13-4-6-15(18)7-5-13/h4-7,14,16,20H,2-3,8-12H2,1H3/t14-,16+/m1/s1. The lowest BCUT2D eigenvalue weighted by atomic mass is 9.90. The van der Waals surface area contributed by atoms with Crippen molar-refractivity contribution in [2.75, 3.05) is 32.8 Å². The molecule has 2 fully saturated rings. The van der Waals surface area contributed by atoms with Crippen molar-refractivity contribution in [2.45, 2.75) is 31.7 Å². The van der Waals surface area contributed by atoms with Crippen LogP contribution in [0, 0.1) is 11.7 Å². The number of halogens is 1. The summed E-state index contributed by atoms with van der Waals surface area (Å²) in [5.41, 5.74) is 0.753. The van der Waals surface area contributed by atoms with Crippen molar-refractivity contribution in [3.8, 4) is 0 Å². The maximum absolute atomic E-state index is 13.0. The Hall–Kier alpha value is -1.01. The lowest BCUT2D eigenvalue weighted by molar-refractivity contribution is -0.192. The number of piperidine rings is 1. The molecule has 22 heavy (non-hydrogen) atoms. The van der Waals surface area contributed by atoms with Gasteiger partial charge in [-0.1, -0.05) is 12.1 Å². The number of ether oxygens (including phenoxy) is 2. The number of likely N-dealkylation sites (tertiary alicyclic amines) is 1. The molecule has 2 atom stereocenters. The molecule has 0 aliphatic carbocycles. The summed E-state index contributed by atoms with van der Waals surface area (Å²) in [6.07, 6.45) is 1.56. The smallest absolute Gasteiger partial charge is 0.169 e. The van der Waals surface area contributed by atoms with E-state index in [1.54, 1.807) is 12.1 Å². The van der Waals surface area contributed by atoms with Gasteiger partial charge >= 0.3 is 0 Å². The van der Waals surface area contributed by atoms with E-state index in [1.807, 2.05) is 6.92 Å². The average molecular weight is 309 g/mol. The lowest BCUT2D eigenvalue weighted by Crippen LogP contribution is -2.47. The number of hydrogen-bond acceptors (Lipinski definition) is 4. The van der Waals surface area contributed by atoms with Crippen LogP contribution < -0.4 is 0 Å². The van der Waals surface area contributed by atoms with Crippen LogP contribution >= 0.6 is 0 Å². The molecule has 0 bridgehead atoms. The third kappa shape index (κ3) is 3.49. The van der Waals surface area contributed by atoms with Crippen LogP contribution in [-0.2, 0) is 9.47 Å². The van der Waals surface area contributed by atoms with Gasteiger partial charge in [0.15, 0.2) is 5.79 Å². The van der Waals surface area contributed by atoms with Gasteiger partial charge in [0.2, 0.25) is 0 Å². The molecule has 0 saturated carbocycles. The number of aliphatic hydroxyl groups is 1. The van der Waals surface area contributed by atoms with Gasteiger partial charge in [-0.25, -0.2) is 4.39 Å². The van der Waals surface area contributed by atoms with Crippen molar-refractivity contribution >= 4 is 0 Å². The molecule has 2 saturated heterocycles. The first-order chi connectivity index (χ1) is 10.6. The van der Waals surface area contributed by atoms with E-state index < -0.39 is 11.9 Å². The molecule has 0 aromatic heterocycles. The zero-order valence-corrected chi connectivity index (χ0v) is 13.0. The lowest BCUT2D eigenvalue weighted by Gasteiger charge is -2.40. The summed E-state index contributed by atoms with van der Waals surface area (Å²) >= 11 is 0. The van der Waals surface area contributed by atoms with Crippen LogP contribution in [0.5, 0.6) is 0 Å². The van der Waals surface area contributed by atoms with Crippen LogP contribution in [0.3, 0.4) is 0 Å². The van der Waals surface area contributed by atoms with Crippen molar-refractivity contribution in [3.05, 3.63) is 35.6 Å². The number of nitrogens with zero attached hydrogens (tertiary/aromatic N) is 1. The molecule has 122 valence electrons. The Bertz CT molecular complexity index is 487. The highest BCUT2D eigenvalue weighted by atomic mass is 19.1. The Morgan fingerprint density at radius 2 is 2.00 bits per heavy atom. The summed E-state index contributed by atoms with van der Waals surface area (Å²) in [7, 11) is 0. The van der Waals surface area contributed by atoms with Crippen molar-refractivity contribution in [1.29, 1.82) is 0 Å². The van der Waals surface area contributed by atoms with Crippen LogP contribution in [0.2, 0.25) is 0 Å². The first kappa shape index (κ1) is 15.9. The highest BCUT2D eigenvalue weighted by molar-refractivity contribution is 5.18. The predicted molar refractivity (Wildman–Crippen MR) is 80.8 cm³/mol. The number of benzene rings is 1. The summed E-state index contributed by atoms with van der Waals surface area (Å²) in [5, 5.41) is 10.4. The van der Waals surface area contributed by atoms with Crippen LogP contribution in [-0.4, -0.2) is 48.6 Å². The van der Waals surface area contributed by atoms with Gasteiger partial charge in [0.1, 0.15) is 5.82 Å². The summed E-state index contributed by atoms with van der Waals surface area (Å²) in [5.74, 6) is -0.443. The summed E-state index contributed by atoms with van der Waals surface area (Å²) in [6.45, 7) is 5.71. The minimum atomic E-state index is -0.599. The topological polar surface area (TPSA) is 41.9 Å².